The van der Waals surface area contributed by atoms with Gasteiger partial charge in [-0.05, 0) is 61.4 Å². The number of ether oxygens (including phenoxy) is 2. The predicted molar refractivity (Wildman–Crippen MR) is 124 cm³/mol. The van der Waals surface area contributed by atoms with Gasteiger partial charge in [0.2, 0.25) is 0 Å². The van der Waals surface area contributed by atoms with Gasteiger partial charge in [0.15, 0.2) is 11.5 Å². The zero-order valence-electron chi connectivity index (χ0n) is 18.8. The van der Waals surface area contributed by atoms with Crippen LogP contribution < -0.4 is 19.7 Å². The largest absolute Gasteiger partial charge is 0.508 e. The number of hydrogen-bond acceptors (Lipinski definition) is 6. The Bertz CT molecular complexity index is 1050. The fourth-order valence-corrected chi connectivity index (χ4v) is 3.37. The molecule has 3 rings (SSSR count). The summed E-state index contributed by atoms with van der Waals surface area (Å²) in [6, 6.07) is 9.84. The molecule has 0 atom stereocenters. The zero-order valence-corrected chi connectivity index (χ0v) is 18.8. The van der Waals surface area contributed by atoms with E-state index in [-0.39, 0.29) is 17.0 Å². The highest BCUT2D eigenvalue weighted by Gasteiger charge is 2.36. The molecule has 1 aliphatic rings. The van der Waals surface area contributed by atoms with Gasteiger partial charge in [0.05, 0.1) is 18.9 Å². The first-order valence-corrected chi connectivity index (χ1v) is 11.0. The summed E-state index contributed by atoms with van der Waals surface area (Å²) in [5.41, 5.74) is 0.587. The molecule has 8 heteroatoms. The molecule has 2 N–H and O–H groups in total. The number of nitrogens with one attached hydrogen (secondary N) is 1. The summed E-state index contributed by atoms with van der Waals surface area (Å²) >= 11 is 0. The molecule has 0 radical (unpaired) electrons. The summed E-state index contributed by atoms with van der Waals surface area (Å²) in [7, 11) is 0. The van der Waals surface area contributed by atoms with Gasteiger partial charge in [0.25, 0.3) is 11.8 Å². The number of phenolic OH excluding ortho intramolecular Hbond substituents is 1. The first-order valence-electron chi connectivity index (χ1n) is 11.0. The van der Waals surface area contributed by atoms with Crippen LogP contribution in [0, 0.1) is 0 Å². The fraction of sp³-hybridized carbons (Fsp3) is 0.320. The number of benzene rings is 2. The number of urea groups is 1. The molecule has 2 aromatic rings. The molecule has 0 bridgehead atoms. The van der Waals surface area contributed by atoms with Crippen LogP contribution in [-0.4, -0.2) is 36.2 Å². The van der Waals surface area contributed by atoms with Gasteiger partial charge in [-0.3, -0.25) is 14.9 Å². The van der Waals surface area contributed by atoms with Crippen LogP contribution in [0.25, 0.3) is 6.08 Å². The first kappa shape index (κ1) is 23.8. The van der Waals surface area contributed by atoms with Crippen LogP contribution in [0.4, 0.5) is 10.5 Å². The highest BCUT2D eigenvalue weighted by molar-refractivity contribution is 6.39. The topological polar surface area (TPSA) is 105 Å². The molecule has 0 saturated carbocycles. The molecule has 1 fully saturated rings. The molecule has 33 heavy (non-hydrogen) atoms. The Morgan fingerprint density at radius 3 is 2.39 bits per heavy atom. The van der Waals surface area contributed by atoms with Crippen molar-refractivity contribution in [2.45, 2.75) is 39.5 Å². The van der Waals surface area contributed by atoms with Crippen LogP contribution in [0.5, 0.6) is 17.2 Å². The zero-order chi connectivity index (χ0) is 23.8. The highest BCUT2D eigenvalue weighted by atomic mass is 16.5. The van der Waals surface area contributed by atoms with Gasteiger partial charge in [0.1, 0.15) is 11.3 Å². The van der Waals surface area contributed by atoms with E-state index in [1.165, 1.54) is 30.3 Å². The van der Waals surface area contributed by atoms with Crippen molar-refractivity contribution in [3.63, 3.8) is 0 Å². The van der Waals surface area contributed by atoms with Crippen molar-refractivity contribution in [3.8, 4) is 17.2 Å². The number of imide groups is 2. The van der Waals surface area contributed by atoms with Crippen molar-refractivity contribution < 1.29 is 29.0 Å². The summed E-state index contributed by atoms with van der Waals surface area (Å²) in [6.45, 7) is 5.01. The minimum absolute atomic E-state index is 0.00779. The van der Waals surface area contributed by atoms with E-state index in [0.717, 1.165) is 30.6 Å². The van der Waals surface area contributed by atoms with Gasteiger partial charge in [-0.15, -0.1) is 0 Å². The lowest BCUT2D eigenvalue weighted by molar-refractivity contribution is -0.122. The van der Waals surface area contributed by atoms with Gasteiger partial charge in [-0.1, -0.05) is 32.3 Å². The van der Waals surface area contributed by atoms with Crippen LogP contribution >= 0.6 is 0 Å². The summed E-state index contributed by atoms with van der Waals surface area (Å²) < 4.78 is 11.5. The second kappa shape index (κ2) is 11.2. The lowest BCUT2D eigenvalue weighted by Gasteiger charge is -2.26. The number of unbranched alkanes of at least 4 members (excludes halogenated alkanes) is 3. The smallest absolute Gasteiger partial charge is 0.335 e. The van der Waals surface area contributed by atoms with E-state index in [1.54, 1.807) is 18.2 Å². The average Bonchev–Trinajstić information content (AvgIpc) is 2.79. The Balaban J connectivity index is 1.84. The maximum absolute atomic E-state index is 13.0. The van der Waals surface area contributed by atoms with E-state index in [4.69, 9.17) is 9.47 Å². The number of nitrogens with zero attached hydrogens (tertiary/aromatic N) is 1. The van der Waals surface area contributed by atoms with Crippen LogP contribution in [0.2, 0.25) is 0 Å². The molecule has 0 spiro atoms. The monoisotopic (exact) mass is 452 g/mol. The van der Waals surface area contributed by atoms with E-state index >= 15 is 0 Å². The number of rotatable bonds is 10. The molecule has 2 aromatic carbocycles. The van der Waals surface area contributed by atoms with Gasteiger partial charge in [0, 0.05) is 0 Å². The summed E-state index contributed by atoms with van der Waals surface area (Å²) in [6.07, 6.45) is 5.76. The van der Waals surface area contributed by atoms with Crippen molar-refractivity contribution in [3.05, 3.63) is 53.6 Å². The van der Waals surface area contributed by atoms with Crippen LogP contribution in [0.3, 0.4) is 0 Å². The van der Waals surface area contributed by atoms with E-state index in [0.29, 0.717) is 30.3 Å². The van der Waals surface area contributed by atoms with Gasteiger partial charge < -0.3 is 14.6 Å². The molecule has 1 aliphatic heterocycles. The van der Waals surface area contributed by atoms with Crippen molar-refractivity contribution in [2.24, 2.45) is 0 Å². The maximum atomic E-state index is 13.0. The number of phenols is 1. The Hall–Kier alpha value is -3.81. The Labute approximate surface area is 192 Å². The van der Waals surface area contributed by atoms with Gasteiger partial charge in [-0.2, -0.15) is 0 Å². The molecule has 1 heterocycles. The molecule has 8 nitrogen and oxygen atoms in total. The van der Waals surface area contributed by atoms with Crippen molar-refractivity contribution >= 4 is 29.6 Å². The molecule has 4 amide bonds. The molecular formula is C25H28N2O6. The molecular weight excluding hydrogens is 424 g/mol. The third-order valence-corrected chi connectivity index (χ3v) is 5.04. The second-order valence-electron chi connectivity index (χ2n) is 7.52. The predicted octanol–water partition coefficient (Wildman–Crippen LogP) is 4.42. The standard InChI is InChI=1S/C25H28N2O6/c1-3-5-6-7-14-33-21-13-8-17(16-22(21)32-4-2)15-20-23(29)26-25(31)27(24(20)30)18-9-11-19(28)12-10-18/h8-13,15-16,28H,3-7,14H2,1-2H3,(H,26,29,31)/b20-15-. The van der Waals surface area contributed by atoms with Crippen LogP contribution in [-0.2, 0) is 9.59 Å². The lowest BCUT2D eigenvalue weighted by Crippen LogP contribution is -2.54. The molecule has 174 valence electrons. The molecule has 1 saturated heterocycles. The maximum Gasteiger partial charge on any atom is 0.335 e. The van der Waals surface area contributed by atoms with Crippen molar-refractivity contribution in [1.29, 1.82) is 0 Å². The third kappa shape index (κ3) is 5.91. The number of barbiturate groups is 1. The fourth-order valence-electron chi connectivity index (χ4n) is 3.37. The van der Waals surface area contributed by atoms with E-state index in [2.05, 4.69) is 12.2 Å². The SMILES string of the molecule is CCCCCCOc1ccc(/C=C2/C(=O)NC(=O)N(c3ccc(O)cc3)C2=O)cc1OCC. The van der Waals surface area contributed by atoms with E-state index < -0.39 is 17.8 Å². The Kier molecular flexibility index (Phi) is 8.07. The number of anilines is 1. The minimum atomic E-state index is -0.852. The van der Waals surface area contributed by atoms with Crippen molar-refractivity contribution in [2.75, 3.05) is 18.1 Å². The Morgan fingerprint density at radius 1 is 0.939 bits per heavy atom. The molecule has 0 unspecified atom stereocenters. The number of hydrogen-bond donors (Lipinski definition) is 2. The second-order valence-corrected chi connectivity index (χ2v) is 7.52. The third-order valence-electron chi connectivity index (χ3n) is 5.04. The van der Waals surface area contributed by atoms with Crippen molar-refractivity contribution in [1.82, 2.24) is 5.32 Å². The normalized spacial score (nSPS) is 15.0. The quantitative estimate of drug-likeness (QED) is 0.314. The molecule has 0 aliphatic carbocycles. The number of carbonyl (C=O) groups excluding carboxylic acids is 3. The number of amides is 4. The summed E-state index contributed by atoms with van der Waals surface area (Å²) in [5.74, 6) is -0.447. The number of carbonyl (C=O) groups is 3. The summed E-state index contributed by atoms with van der Waals surface area (Å²) in [4.78, 5) is 38.6. The number of aromatic hydroxyl groups is 1. The van der Waals surface area contributed by atoms with E-state index in [9.17, 15) is 19.5 Å². The highest BCUT2D eigenvalue weighted by Crippen LogP contribution is 2.30. The van der Waals surface area contributed by atoms with E-state index in [1.807, 2.05) is 6.92 Å². The molecule has 0 aromatic heterocycles. The minimum Gasteiger partial charge on any atom is -0.508 e. The van der Waals surface area contributed by atoms with Crippen LogP contribution in [0.15, 0.2) is 48.0 Å². The van der Waals surface area contributed by atoms with Crippen LogP contribution in [0.1, 0.15) is 45.1 Å². The first-order chi connectivity index (χ1) is 15.9. The lowest BCUT2D eigenvalue weighted by atomic mass is 10.1. The summed E-state index contributed by atoms with van der Waals surface area (Å²) in [5, 5.41) is 11.6. The van der Waals surface area contributed by atoms with Gasteiger partial charge >= 0.3 is 6.03 Å². The average molecular weight is 453 g/mol. The Morgan fingerprint density at radius 2 is 1.70 bits per heavy atom. The van der Waals surface area contributed by atoms with Gasteiger partial charge in [-0.25, -0.2) is 9.69 Å².